The van der Waals surface area contributed by atoms with Crippen molar-refractivity contribution in [1.29, 1.82) is 0 Å². The molecule has 5 rings (SSSR count). The number of fused-ring (bicyclic) bond motifs is 1. The molecule has 0 bridgehead atoms. The molecular weight excluding hydrogens is 500 g/mol. The molecule has 1 heterocycles. The Bertz CT molecular complexity index is 1780. The minimum absolute atomic E-state index is 0.0991. The second-order valence-electron chi connectivity index (χ2n) is 8.92. The summed E-state index contributed by atoms with van der Waals surface area (Å²) < 4.78 is 31.4. The van der Waals surface area contributed by atoms with Gasteiger partial charge in [-0.1, -0.05) is 48.5 Å². The van der Waals surface area contributed by atoms with E-state index < -0.39 is 10.0 Å². The van der Waals surface area contributed by atoms with Crippen molar-refractivity contribution in [3.8, 4) is 0 Å². The molecule has 192 valence electrons. The smallest absolute Gasteiger partial charge is 0.322 e. The molecule has 1 N–H and O–H groups in total. The van der Waals surface area contributed by atoms with E-state index in [4.69, 9.17) is 0 Å². The van der Waals surface area contributed by atoms with E-state index in [0.29, 0.717) is 22.5 Å². The van der Waals surface area contributed by atoms with E-state index in [0.717, 1.165) is 11.1 Å². The highest BCUT2D eigenvalue weighted by Gasteiger charge is 2.25. The molecule has 0 unspecified atom stereocenters. The van der Waals surface area contributed by atoms with Crippen molar-refractivity contribution in [2.45, 2.75) is 11.4 Å². The lowest BCUT2D eigenvalue weighted by Crippen LogP contribution is -2.30. The quantitative estimate of drug-likeness (QED) is 0.337. The molecule has 1 aromatic heterocycles. The number of para-hydroxylation sites is 1. The van der Waals surface area contributed by atoms with Gasteiger partial charge < -0.3 is 5.32 Å². The van der Waals surface area contributed by atoms with Crippen molar-refractivity contribution in [3.05, 3.63) is 125 Å². The first-order chi connectivity index (χ1) is 18.3. The largest absolute Gasteiger partial charge is 0.328 e. The van der Waals surface area contributed by atoms with Crippen molar-refractivity contribution in [2.75, 3.05) is 9.62 Å². The van der Waals surface area contributed by atoms with Gasteiger partial charge >= 0.3 is 5.69 Å². The average Bonchev–Trinajstić information content (AvgIpc) is 3.16. The van der Waals surface area contributed by atoms with Crippen LogP contribution in [0.2, 0.25) is 0 Å². The van der Waals surface area contributed by atoms with Crippen LogP contribution in [0.5, 0.6) is 0 Å². The van der Waals surface area contributed by atoms with Crippen LogP contribution < -0.4 is 15.3 Å². The van der Waals surface area contributed by atoms with Crippen molar-refractivity contribution in [3.63, 3.8) is 0 Å². The van der Waals surface area contributed by atoms with Crippen LogP contribution in [0.15, 0.2) is 113 Å². The number of aromatic nitrogens is 2. The van der Waals surface area contributed by atoms with Gasteiger partial charge in [-0.05, 0) is 60.2 Å². The molecule has 0 saturated carbocycles. The second-order valence-corrected chi connectivity index (χ2v) is 10.8. The number of benzene rings is 4. The number of hydrogen-bond acceptors (Lipinski definition) is 4. The number of nitrogens with one attached hydrogen (secondary N) is 1. The normalized spacial score (nSPS) is 11.4. The molecule has 0 atom stereocenters. The van der Waals surface area contributed by atoms with Crippen molar-refractivity contribution in [2.24, 2.45) is 14.1 Å². The Kier molecular flexibility index (Phi) is 6.61. The summed E-state index contributed by atoms with van der Waals surface area (Å²) in [6, 6.07) is 29.4. The maximum atomic E-state index is 13.5. The predicted octanol–water partition coefficient (Wildman–Crippen LogP) is 4.52. The van der Waals surface area contributed by atoms with E-state index in [-0.39, 0.29) is 23.0 Å². The van der Waals surface area contributed by atoms with Gasteiger partial charge in [0.05, 0.1) is 28.2 Å². The molecule has 8 nitrogen and oxygen atoms in total. The van der Waals surface area contributed by atoms with Crippen LogP contribution in [0.3, 0.4) is 0 Å². The number of hydrogen-bond donors (Lipinski definition) is 1. The second kappa shape index (κ2) is 10.0. The summed E-state index contributed by atoms with van der Waals surface area (Å²) in [7, 11) is -0.425. The summed E-state index contributed by atoms with van der Waals surface area (Å²) in [5.74, 6) is -0.311. The molecule has 0 aliphatic heterocycles. The topological polar surface area (TPSA) is 93.4 Å². The molecule has 4 aromatic carbocycles. The van der Waals surface area contributed by atoms with Crippen LogP contribution in [0.4, 0.5) is 11.4 Å². The molecule has 38 heavy (non-hydrogen) atoms. The standard InChI is InChI=1S/C29H26N4O4S/c1-31-26-18-17-23(19-27(26)32(2)29(31)35)30-28(34)22-15-13-21(14-16-22)20-33(24-9-5-3-6-10-24)38(36,37)25-11-7-4-8-12-25/h3-19H,20H2,1-2H3,(H,30,34). The van der Waals surface area contributed by atoms with Crippen LogP contribution >= 0.6 is 0 Å². The van der Waals surface area contributed by atoms with Crippen LogP contribution in [-0.4, -0.2) is 23.5 Å². The lowest BCUT2D eigenvalue weighted by molar-refractivity contribution is 0.102. The van der Waals surface area contributed by atoms with E-state index in [9.17, 15) is 18.0 Å². The summed E-state index contributed by atoms with van der Waals surface area (Å²) in [6.45, 7) is 0.0991. The average molecular weight is 527 g/mol. The fourth-order valence-corrected chi connectivity index (χ4v) is 5.82. The van der Waals surface area contributed by atoms with Crippen LogP contribution in [0.25, 0.3) is 11.0 Å². The van der Waals surface area contributed by atoms with Crippen LogP contribution in [-0.2, 0) is 30.7 Å². The Morgan fingerprint density at radius 1 is 0.789 bits per heavy atom. The Hall–Kier alpha value is -4.63. The molecular formula is C29H26N4O4S. The molecule has 0 aliphatic rings. The van der Waals surface area contributed by atoms with E-state index in [1.165, 1.54) is 8.87 Å². The monoisotopic (exact) mass is 526 g/mol. The first-order valence-electron chi connectivity index (χ1n) is 11.9. The van der Waals surface area contributed by atoms with Gasteiger partial charge in [0.15, 0.2) is 0 Å². The number of imidazole rings is 1. The first kappa shape index (κ1) is 25.0. The molecule has 1 amide bonds. The van der Waals surface area contributed by atoms with Crippen LogP contribution in [0, 0.1) is 0 Å². The number of aryl methyl sites for hydroxylation is 2. The number of nitrogens with zero attached hydrogens (tertiary/aromatic N) is 3. The molecule has 5 aromatic rings. The summed E-state index contributed by atoms with van der Waals surface area (Å²) in [5, 5.41) is 2.87. The fraction of sp³-hybridized carbons (Fsp3) is 0.103. The highest BCUT2D eigenvalue weighted by Crippen LogP contribution is 2.26. The molecule has 0 saturated heterocycles. The van der Waals surface area contributed by atoms with Gasteiger partial charge in [0.1, 0.15) is 0 Å². The summed E-state index contributed by atoms with van der Waals surface area (Å²) in [6.07, 6.45) is 0. The Labute approximate surface area is 220 Å². The van der Waals surface area contributed by atoms with E-state index in [1.54, 1.807) is 116 Å². The molecule has 0 spiro atoms. The van der Waals surface area contributed by atoms with Gasteiger partial charge in [-0.25, -0.2) is 13.2 Å². The SMILES string of the molecule is Cn1c(=O)n(C)c2cc(NC(=O)c3ccc(CN(c4ccccc4)S(=O)(=O)c4ccccc4)cc3)ccc21. The van der Waals surface area contributed by atoms with Gasteiger partial charge in [-0.2, -0.15) is 0 Å². The van der Waals surface area contributed by atoms with Gasteiger partial charge in [-0.3, -0.25) is 18.2 Å². The van der Waals surface area contributed by atoms with Gasteiger partial charge in [0.2, 0.25) is 0 Å². The fourth-order valence-electron chi connectivity index (χ4n) is 4.34. The highest BCUT2D eigenvalue weighted by molar-refractivity contribution is 7.92. The van der Waals surface area contributed by atoms with Crippen molar-refractivity contribution in [1.82, 2.24) is 9.13 Å². The Morgan fingerprint density at radius 3 is 2.05 bits per heavy atom. The van der Waals surface area contributed by atoms with E-state index in [2.05, 4.69) is 5.32 Å². The summed E-state index contributed by atoms with van der Waals surface area (Å²) >= 11 is 0. The van der Waals surface area contributed by atoms with Gasteiger partial charge in [0, 0.05) is 25.3 Å². The minimum Gasteiger partial charge on any atom is -0.322 e. The third-order valence-corrected chi connectivity index (χ3v) is 8.24. The third-order valence-electron chi connectivity index (χ3n) is 6.45. The van der Waals surface area contributed by atoms with Crippen molar-refractivity contribution < 1.29 is 13.2 Å². The van der Waals surface area contributed by atoms with Crippen LogP contribution in [0.1, 0.15) is 15.9 Å². The number of carbonyl (C=O) groups is 1. The number of amides is 1. The third kappa shape index (κ3) is 4.71. The van der Waals surface area contributed by atoms with Gasteiger partial charge in [0.25, 0.3) is 15.9 Å². The van der Waals surface area contributed by atoms with E-state index >= 15 is 0 Å². The molecule has 0 aliphatic carbocycles. The maximum Gasteiger partial charge on any atom is 0.328 e. The van der Waals surface area contributed by atoms with Crippen molar-refractivity contribution >= 4 is 38.3 Å². The summed E-state index contributed by atoms with van der Waals surface area (Å²) in [5.41, 5.74) is 3.61. The molecule has 0 radical (unpaired) electrons. The predicted molar refractivity (Wildman–Crippen MR) is 149 cm³/mol. The Morgan fingerprint density at radius 2 is 1.39 bits per heavy atom. The van der Waals surface area contributed by atoms with E-state index in [1.807, 2.05) is 6.07 Å². The first-order valence-corrected chi connectivity index (χ1v) is 13.4. The number of sulfonamides is 1. The number of anilines is 2. The zero-order valence-electron chi connectivity index (χ0n) is 20.9. The van der Waals surface area contributed by atoms with Gasteiger partial charge in [-0.15, -0.1) is 0 Å². The lowest BCUT2D eigenvalue weighted by Gasteiger charge is -2.25. The zero-order valence-corrected chi connectivity index (χ0v) is 21.7. The molecule has 9 heteroatoms. The number of rotatable bonds is 7. The minimum atomic E-state index is -3.81. The molecule has 0 fully saturated rings. The lowest BCUT2D eigenvalue weighted by atomic mass is 10.1. The summed E-state index contributed by atoms with van der Waals surface area (Å²) in [4.78, 5) is 25.3. The number of carbonyl (C=O) groups excluding carboxylic acids is 1. The zero-order chi connectivity index (χ0) is 26.9. The Balaban J connectivity index is 1.38. The maximum absolute atomic E-state index is 13.5. The highest BCUT2D eigenvalue weighted by atomic mass is 32.2.